The first kappa shape index (κ1) is 21.5. The summed E-state index contributed by atoms with van der Waals surface area (Å²) < 4.78 is 18.8. The summed E-state index contributed by atoms with van der Waals surface area (Å²) in [6.07, 6.45) is 8.29. The van der Waals surface area contributed by atoms with Crippen LogP contribution in [0.15, 0.2) is 61.1 Å². The molecule has 0 spiro atoms. The number of pyridine rings is 1. The van der Waals surface area contributed by atoms with Gasteiger partial charge in [-0.1, -0.05) is 18.2 Å². The van der Waals surface area contributed by atoms with E-state index in [1.165, 1.54) is 18.9 Å². The lowest BCUT2D eigenvalue weighted by Crippen LogP contribution is -2.32. The first-order valence-corrected chi connectivity index (χ1v) is 11.9. The lowest BCUT2D eigenvalue weighted by molar-refractivity contribution is 0.341. The Morgan fingerprint density at radius 3 is 2.80 bits per heavy atom. The summed E-state index contributed by atoms with van der Waals surface area (Å²) in [5.41, 5.74) is 5.42. The van der Waals surface area contributed by atoms with Crippen molar-refractivity contribution in [2.24, 2.45) is 13.0 Å². The van der Waals surface area contributed by atoms with Crippen LogP contribution in [0.5, 0.6) is 0 Å². The summed E-state index contributed by atoms with van der Waals surface area (Å²) in [5.74, 6) is 0.0572. The number of aromatic nitrogens is 4. The fourth-order valence-electron chi connectivity index (χ4n) is 5.25. The van der Waals surface area contributed by atoms with E-state index in [1.54, 1.807) is 6.07 Å². The largest absolute Gasteiger partial charge is 0.346 e. The van der Waals surface area contributed by atoms with Crippen molar-refractivity contribution in [3.8, 4) is 22.4 Å². The van der Waals surface area contributed by atoms with Crippen molar-refractivity contribution in [3.63, 3.8) is 0 Å². The molecule has 174 valence electrons. The van der Waals surface area contributed by atoms with Gasteiger partial charge >= 0.3 is 0 Å². The maximum Gasteiger partial charge on any atom is 0.222 e. The molecule has 1 fully saturated rings. The Kier molecular flexibility index (Phi) is 5.31. The zero-order valence-corrected chi connectivity index (χ0v) is 19.5. The van der Waals surface area contributed by atoms with E-state index in [2.05, 4.69) is 38.2 Å². The number of fused-ring (bicyclic) bond motifs is 2. The smallest absolute Gasteiger partial charge is 0.222 e. The first-order valence-electron chi connectivity index (χ1n) is 11.9. The second kappa shape index (κ2) is 8.64. The van der Waals surface area contributed by atoms with Gasteiger partial charge in [-0.15, -0.1) is 0 Å². The minimum atomic E-state index is -0.518. The zero-order chi connectivity index (χ0) is 23.9. The van der Waals surface area contributed by atoms with Crippen LogP contribution in [0.25, 0.3) is 49.0 Å². The number of rotatable bonds is 4. The molecule has 1 aliphatic heterocycles. The standard InChI is InChI=1S/C28H25FN6/c1-30-24-7-5-19(13-23(24)29)27-22-9-11-35(17-18-4-3-10-31-14-18)26(22)16-32-28(27)20-6-8-25-21(12-20)15-33-34(25)2/h5-9,11-13,15-16,18,31H,3-4,10,14,17H2,2H3/t18-/m1/s1. The molecule has 3 aromatic heterocycles. The summed E-state index contributed by atoms with van der Waals surface area (Å²) in [4.78, 5) is 8.21. The van der Waals surface area contributed by atoms with Crippen molar-refractivity contribution in [1.29, 1.82) is 0 Å². The summed E-state index contributed by atoms with van der Waals surface area (Å²) in [6.45, 7) is 10.3. The maximum atomic E-state index is 14.7. The Bertz CT molecular complexity index is 1600. The average molecular weight is 465 g/mol. The third-order valence-corrected chi connectivity index (χ3v) is 7.06. The second-order valence-electron chi connectivity index (χ2n) is 9.28. The van der Waals surface area contributed by atoms with Crippen molar-refractivity contribution >= 4 is 27.5 Å². The molecule has 0 radical (unpaired) electrons. The van der Waals surface area contributed by atoms with Gasteiger partial charge in [-0.2, -0.15) is 5.10 Å². The average Bonchev–Trinajstić information content (AvgIpc) is 3.47. The van der Waals surface area contributed by atoms with Crippen LogP contribution >= 0.6 is 0 Å². The molecule has 2 aromatic carbocycles. The quantitative estimate of drug-likeness (QED) is 0.335. The van der Waals surface area contributed by atoms with Gasteiger partial charge in [0.15, 0.2) is 0 Å². The highest BCUT2D eigenvalue weighted by atomic mass is 19.1. The highest BCUT2D eigenvalue weighted by Gasteiger charge is 2.20. The molecule has 0 bridgehead atoms. The van der Waals surface area contributed by atoms with Gasteiger partial charge in [0.25, 0.3) is 0 Å². The fourth-order valence-corrected chi connectivity index (χ4v) is 5.25. The van der Waals surface area contributed by atoms with Crippen LogP contribution in [0.4, 0.5) is 10.1 Å². The van der Waals surface area contributed by atoms with Crippen LogP contribution in [-0.2, 0) is 13.6 Å². The van der Waals surface area contributed by atoms with Crippen LogP contribution in [0.3, 0.4) is 0 Å². The van der Waals surface area contributed by atoms with E-state index in [9.17, 15) is 4.39 Å². The molecule has 6 nitrogen and oxygen atoms in total. The van der Waals surface area contributed by atoms with Gasteiger partial charge in [0.2, 0.25) is 5.69 Å². The third-order valence-electron chi connectivity index (χ3n) is 7.06. The van der Waals surface area contributed by atoms with E-state index in [0.717, 1.165) is 58.3 Å². The van der Waals surface area contributed by atoms with E-state index >= 15 is 0 Å². The molecule has 1 saturated heterocycles. The Morgan fingerprint density at radius 1 is 1.11 bits per heavy atom. The molecule has 35 heavy (non-hydrogen) atoms. The third kappa shape index (κ3) is 3.76. The van der Waals surface area contributed by atoms with Gasteiger partial charge in [0.1, 0.15) is 5.82 Å². The van der Waals surface area contributed by atoms with Crippen LogP contribution in [0.2, 0.25) is 0 Å². The fraction of sp³-hybridized carbons (Fsp3) is 0.250. The number of halogens is 1. The molecule has 7 heteroatoms. The van der Waals surface area contributed by atoms with E-state index in [-0.39, 0.29) is 5.69 Å². The monoisotopic (exact) mass is 464 g/mol. The molecular formula is C28H25FN6. The molecule has 0 saturated carbocycles. The summed E-state index contributed by atoms with van der Waals surface area (Å²) in [6, 6.07) is 13.1. The van der Waals surface area contributed by atoms with Gasteiger partial charge in [0.05, 0.1) is 35.7 Å². The van der Waals surface area contributed by atoms with Crippen LogP contribution in [0, 0.1) is 18.3 Å². The number of benzene rings is 2. The summed E-state index contributed by atoms with van der Waals surface area (Å²) in [5, 5.41) is 9.91. The Labute approximate surface area is 202 Å². The Balaban J connectivity index is 1.54. The predicted octanol–water partition coefficient (Wildman–Crippen LogP) is 5.95. The zero-order valence-electron chi connectivity index (χ0n) is 19.5. The molecule has 1 atom stereocenters. The SMILES string of the molecule is [C-]#[N+]c1ccc(-c2c(-c3ccc4c(cnn4C)c3)ncc3c2ccn3C[C@@H]2CCCNC2)cc1F. The van der Waals surface area contributed by atoms with E-state index < -0.39 is 5.82 Å². The van der Waals surface area contributed by atoms with E-state index in [0.29, 0.717) is 11.5 Å². The minimum absolute atomic E-state index is 0.0228. The van der Waals surface area contributed by atoms with E-state index in [1.807, 2.05) is 42.3 Å². The Morgan fingerprint density at radius 2 is 2.00 bits per heavy atom. The first-order chi connectivity index (χ1) is 17.1. The highest BCUT2D eigenvalue weighted by Crippen LogP contribution is 2.39. The van der Waals surface area contributed by atoms with Crippen molar-refractivity contribution in [2.45, 2.75) is 19.4 Å². The number of hydrogen-bond acceptors (Lipinski definition) is 3. The lowest BCUT2D eigenvalue weighted by atomic mass is 9.95. The van der Waals surface area contributed by atoms with Crippen molar-refractivity contribution in [3.05, 3.63) is 78.3 Å². The molecule has 0 unspecified atom stereocenters. The molecule has 0 aliphatic carbocycles. The molecule has 6 rings (SSSR count). The normalized spacial score (nSPS) is 16.1. The maximum absolute atomic E-state index is 14.7. The van der Waals surface area contributed by atoms with Crippen molar-refractivity contribution in [2.75, 3.05) is 13.1 Å². The van der Waals surface area contributed by atoms with Crippen LogP contribution < -0.4 is 5.32 Å². The van der Waals surface area contributed by atoms with Gasteiger partial charge in [-0.25, -0.2) is 9.24 Å². The van der Waals surface area contributed by atoms with Gasteiger partial charge in [0, 0.05) is 41.7 Å². The predicted molar refractivity (Wildman–Crippen MR) is 137 cm³/mol. The summed E-state index contributed by atoms with van der Waals surface area (Å²) in [7, 11) is 1.92. The number of hydrogen-bond donors (Lipinski definition) is 1. The van der Waals surface area contributed by atoms with Crippen LogP contribution in [-0.4, -0.2) is 32.4 Å². The molecule has 4 heterocycles. The number of nitrogens with one attached hydrogen (secondary N) is 1. The highest BCUT2D eigenvalue weighted by molar-refractivity contribution is 6.02. The number of piperidine rings is 1. The summed E-state index contributed by atoms with van der Waals surface area (Å²) >= 11 is 0. The van der Waals surface area contributed by atoms with Gasteiger partial charge < -0.3 is 9.88 Å². The second-order valence-corrected chi connectivity index (χ2v) is 9.28. The van der Waals surface area contributed by atoms with Gasteiger partial charge in [-0.3, -0.25) is 9.67 Å². The van der Waals surface area contributed by atoms with Crippen molar-refractivity contribution in [1.82, 2.24) is 24.6 Å². The molecular weight excluding hydrogens is 439 g/mol. The van der Waals surface area contributed by atoms with Gasteiger partial charge in [-0.05, 0) is 61.7 Å². The minimum Gasteiger partial charge on any atom is -0.346 e. The molecule has 1 aliphatic rings. The topological polar surface area (TPSA) is 52.0 Å². The molecule has 0 amide bonds. The lowest BCUT2D eigenvalue weighted by Gasteiger charge is -2.23. The number of nitrogens with zero attached hydrogens (tertiary/aromatic N) is 5. The Hall–Kier alpha value is -4.02. The molecule has 5 aromatic rings. The number of aryl methyl sites for hydroxylation is 1. The van der Waals surface area contributed by atoms with E-state index in [4.69, 9.17) is 11.6 Å². The molecule has 1 N–H and O–H groups in total. The van der Waals surface area contributed by atoms with Crippen molar-refractivity contribution < 1.29 is 4.39 Å². The van der Waals surface area contributed by atoms with Crippen LogP contribution in [0.1, 0.15) is 12.8 Å².